The van der Waals surface area contributed by atoms with Crippen molar-refractivity contribution in [2.45, 2.75) is 13.0 Å². The van der Waals surface area contributed by atoms with Crippen LogP contribution in [-0.4, -0.2) is 16.9 Å². The normalized spacial score (nSPS) is 11.6. The number of carbonyl (C=O) groups excluding carboxylic acids is 1. The molecule has 2 aromatic rings. The van der Waals surface area contributed by atoms with Crippen LogP contribution in [0.5, 0.6) is 0 Å². The highest BCUT2D eigenvalue weighted by atomic mass is 32.1. The Balaban J connectivity index is 2.16. The molecule has 0 fully saturated rings. The summed E-state index contributed by atoms with van der Waals surface area (Å²) in [5, 5.41) is 13.7. The maximum atomic E-state index is 11.4. The van der Waals surface area contributed by atoms with Crippen LogP contribution in [0.15, 0.2) is 29.6 Å². The lowest BCUT2D eigenvalue weighted by Crippen LogP contribution is -2.32. The first-order chi connectivity index (χ1) is 9.10. The summed E-state index contributed by atoms with van der Waals surface area (Å²) in [5.41, 5.74) is 7.73. The molecule has 2 rings (SSSR count). The largest absolute Gasteiger partial charge is 0.320 e. The third-order valence-corrected chi connectivity index (χ3v) is 3.22. The molecule has 0 spiro atoms. The van der Waals surface area contributed by atoms with Crippen molar-refractivity contribution in [2.24, 2.45) is 5.73 Å². The maximum absolute atomic E-state index is 11.4. The third kappa shape index (κ3) is 3.16. The smallest absolute Gasteiger partial charge is 0.242 e. The van der Waals surface area contributed by atoms with Gasteiger partial charge < -0.3 is 11.1 Å². The van der Waals surface area contributed by atoms with E-state index in [2.05, 4.69) is 16.4 Å². The molecule has 1 aromatic heterocycles. The Morgan fingerprint density at radius 1 is 1.47 bits per heavy atom. The number of nitriles is 1. The maximum Gasteiger partial charge on any atom is 0.242 e. The second-order valence-corrected chi connectivity index (χ2v) is 4.86. The molecule has 0 radical (unpaired) electrons. The summed E-state index contributed by atoms with van der Waals surface area (Å²) in [6.45, 7) is 1.62. The second kappa shape index (κ2) is 5.61. The van der Waals surface area contributed by atoms with Gasteiger partial charge in [0.2, 0.25) is 5.91 Å². The summed E-state index contributed by atoms with van der Waals surface area (Å²) in [4.78, 5) is 15.7. The molecule has 1 atom stereocenters. The van der Waals surface area contributed by atoms with E-state index in [9.17, 15) is 4.79 Å². The zero-order valence-electron chi connectivity index (χ0n) is 10.3. The Bertz CT molecular complexity index is 625. The Kier molecular flexibility index (Phi) is 3.90. The number of anilines is 1. The molecule has 0 saturated heterocycles. The monoisotopic (exact) mass is 272 g/mol. The lowest BCUT2D eigenvalue weighted by atomic mass is 10.1. The number of nitrogens with two attached hydrogens (primary N) is 1. The second-order valence-electron chi connectivity index (χ2n) is 4.00. The first-order valence-electron chi connectivity index (χ1n) is 5.62. The molecule has 3 N–H and O–H groups in total. The minimum atomic E-state index is -0.567. The zero-order chi connectivity index (χ0) is 13.8. The molecule has 1 amide bonds. The SMILES string of the molecule is CC(N)C(=O)Nc1nc(-c2ccc(C#N)cc2)cs1. The van der Waals surface area contributed by atoms with Gasteiger partial charge in [-0.1, -0.05) is 12.1 Å². The van der Waals surface area contributed by atoms with Crippen molar-refractivity contribution >= 4 is 22.4 Å². The van der Waals surface area contributed by atoms with E-state index in [0.717, 1.165) is 11.3 Å². The van der Waals surface area contributed by atoms with Gasteiger partial charge in [-0.3, -0.25) is 4.79 Å². The molecule has 0 aliphatic heterocycles. The van der Waals surface area contributed by atoms with Crippen molar-refractivity contribution in [3.63, 3.8) is 0 Å². The molecular weight excluding hydrogens is 260 g/mol. The lowest BCUT2D eigenvalue weighted by Gasteiger charge is -2.03. The molecule has 5 nitrogen and oxygen atoms in total. The van der Waals surface area contributed by atoms with Gasteiger partial charge in [0, 0.05) is 10.9 Å². The first kappa shape index (κ1) is 13.2. The molecule has 96 valence electrons. The van der Waals surface area contributed by atoms with Crippen molar-refractivity contribution in [1.82, 2.24) is 4.98 Å². The number of nitrogens with one attached hydrogen (secondary N) is 1. The fourth-order valence-electron chi connectivity index (χ4n) is 1.40. The van der Waals surface area contributed by atoms with Gasteiger partial charge in [0.15, 0.2) is 5.13 Å². The van der Waals surface area contributed by atoms with E-state index >= 15 is 0 Å². The minimum Gasteiger partial charge on any atom is -0.320 e. The van der Waals surface area contributed by atoms with Crippen molar-refractivity contribution < 1.29 is 4.79 Å². The quantitative estimate of drug-likeness (QED) is 0.893. The van der Waals surface area contributed by atoms with Crippen molar-refractivity contribution in [2.75, 3.05) is 5.32 Å². The van der Waals surface area contributed by atoms with E-state index in [0.29, 0.717) is 10.7 Å². The lowest BCUT2D eigenvalue weighted by molar-refractivity contribution is -0.117. The molecule has 1 aromatic carbocycles. The topological polar surface area (TPSA) is 91.8 Å². The average molecular weight is 272 g/mol. The fraction of sp³-hybridized carbons (Fsp3) is 0.154. The zero-order valence-corrected chi connectivity index (χ0v) is 11.1. The number of carbonyl (C=O) groups is 1. The standard InChI is InChI=1S/C13H12N4OS/c1-8(15)12(18)17-13-16-11(7-19-13)10-4-2-9(6-14)3-5-10/h2-5,7-8H,15H2,1H3,(H,16,17,18). The van der Waals surface area contributed by atoms with Gasteiger partial charge in [-0.25, -0.2) is 4.98 Å². The van der Waals surface area contributed by atoms with Crippen LogP contribution in [0.25, 0.3) is 11.3 Å². The predicted molar refractivity (Wildman–Crippen MR) is 74.5 cm³/mol. The van der Waals surface area contributed by atoms with E-state index in [1.165, 1.54) is 11.3 Å². The van der Waals surface area contributed by atoms with Crippen LogP contribution < -0.4 is 11.1 Å². The number of rotatable bonds is 3. The van der Waals surface area contributed by atoms with Crippen LogP contribution in [0.4, 0.5) is 5.13 Å². The van der Waals surface area contributed by atoms with Crippen LogP contribution in [0, 0.1) is 11.3 Å². The molecule has 0 saturated carbocycles. The third-order valence-electron chi connectivity index (χ3n) is 2.46. The summed E-state index contributed by atoms with van der Waals surface area (Å²) in [5.74, 6) is -0.263. The Morgan fingerprint density at radius 2 is 2.16 bits per heavy atom. The van der Waals surface area contributed by atoms with Crippen LogP contribution >= 0.6 is 11.3 Å². The summed E-state index contributed by atoms with van der Waals surface area (Å²) in [7, 11) is 0. The van der Waals surface area contributed by atoms with Gasteiger partial charge in [-0.15, -0.1) is 11.3 Å². The van der Waals surface area contributed by atoms with E-state index in [-0.39, 0.29) is 5.91 Å². The molecule has 1 heterocycles. The summed E-state index contributed by atoms with van der Waals surface area (Å²) in [6, 6.07) is 8.60. The molecule has 0 aliphatic rings. The minimum absolute atomic E-state index is 0.263. The number of benzene rings is 1. The number of hydrogen-bond acceptors (Lipinski definition) is 5. The Morgan fingerprint density at radius 3 is 2.74 bits per heavy atom. The molecule has 0 bridgehead atoms. The Hall–Kier alpha value is -2.23. The van der Waals surface area contributed by atoms with Crippen LogP contribution in [0.3, 0.4) is 0 Å². The van der Waals surface area contributed by atoms with E-state index in [1.54, 1.807) is 19.1 Å². The van der Waals surface area contributed by atoms with Gasteiger partial charge in [-0.05, 0) is 19.1 Å². The summed E-state index contributed by atoms with van der Waals surface area (Å²) in [6.07, 6.45) is 0. The van der Waals surface area contributed by atoms with E-state index in [1.807, 2.05) is 17.5 Å². The highest BCUT2D eigenvalue weighted by Gasteiger charge is 2.10. The highest BCUT2D eigenvalue weighted by molar-refractivity contribution is 7.14. The predicted octanol–water partition coefficient (Wildman–Crippen LogP) is 1.97. The van der Waals surface area contributed by atoms with Gasteiger partial charge >= 0.3 is 0 Å². The van der Waals surface area contributed by atoms with Crippen molar-refractivity contribution in [1.29, 1.82) is 5.26 Å². The number of thiazole rings is 1. The van der Waals surface area contributed by atoms with Gasteiger partial charge in [0.1, 0.15) is 0 Å². The van der Waals surface area contributed by atoms with Crippen molar-refractivity contribution in [3.05, 3.63) is 35.2 Å². The van der Waals surface area contributed by atoms with Crippen molar-refractivity contribution in [3.8, 4) is 17.3 Å². The van der Waals surface area contributed by atoms with Crippen LogP contribution in [0.2, 0.25) is 0 Å². The number of hydrogen-bond donors (Lipinski definition) is 2. The molecular formula is C13H12N4OS. The number of aromatic nitrogens is 1. The number of nitrogens with zero attached hydrogens (tertiary/aromatic N) is 2. The molecule has 19 heavy (non-hydrogen) atoms. The fourth-order valence-corrected chi connectivity index (χ4v) is 2.12. The molecule has 6 heteroatoms. The highest BCUT2D eigenvalue weighted by Crippen LogP contribution is 2.25. The van der Waals surface area contributed by atoms with E-state index in [4.69, 9.17) is 11.0 Å². The summed E-state index contributed by atoms with van der Waals surface area (Å²) < 4.78 is 0. The van der Waals surface area contributed by atoms with Gasteiger partial charge in [-0.2, -0.15) is 5.26 Å². The first-order valence-corrected chi connectivity index (χ1v) is 6.50. The average Bonchev–Trinajstić information content (AvgIpc) is 2.87. The molecule has 1 unspecified atom stereocenters. The van der Waals surface area contributed by atoms with E-state index < -0.39 is 6.04 Å². The Labute approximate surface area is 114 Å². The van der Waals surface area contributed by atoms with Gasteiger partial charge in [0.05, 0.1) is 23.4 Å². The summed E-state index contributed by atoms with van der Waals surface area (Å²) >= 11 is 1.34. The van der Waals surface area contributed by atoms with Crippen LogP contribution in [-0.2, 0) is 4.79 Å². The van der Waals surface area contributed by atoms with Crippen LogP contribution in [0.1, 0.15) is 12.5 Å². The number of amides is 1. The van der Waals surface area contributed by atoms with Gasteiger partial charge in [0.25, 0.3) is 0 Å². The molecule has 0 aliphatic carbocycles.